The van der Waals surface area contributed by atoms with Gasteiger partial charge in [-0.3, -0.25) is 0 Å². The fraction of sp³-hybridized carbons (Fsp3) is 0.800. The third-order valence-corrected chi connectivity index (χ3v) is 4.33. The van der Waals surface area contributed by atoms with Crippen molar-refractivity contribution in [1.29, 1.82) is 0 Å². The van der Waals surface area contributed by atoms with Gasteiger partial charge in [0.25, 0.3) is 0 Å². The zero-order chi connectivity index (χ0) is 30.7. The van der Waals surface area contributed by atoms with E-state index in [-0.39, 0.29) is 6.08 Å². The summed E-state index contributed by atoms with van der Waals surface area (Å²) in [5.41, 5.74) is 0. The van der Waals surface area contributed by atoms with Crippen LogP contribution in [0.25, 0.3) is 0 Å². The fourth-order valence-corrected chi connectivity index (χ4v) is 2.00. The number of carbonyl (C=O) groups excluding carboxylic acids is 1. The largest absolute Gasteiger partial charge is 0.456 e. The van der Waals surface area contributed by atoms with Crippen LogP contribution in [0.5, 0.6) is 0 Å². The standard InChI is InChI=1S/C15H8F20O2/c1-3-5(36)37-4-7(18,19)9(22,23)11(26,27)13(30,31)15(34,35)14(32,33)12(28,29)10(24,25)8(20,21)6(2,16)17/h3H,1,4H2,2H3. The molecule has 0 saturated heterocycles. The summed E-state index contributed by atoms with van der Waals surface area (Å²) in [6.07, 6.45) is -0.145. The van der Waals surface area contributed by atoms with Crippen LogP contribution in [-0.2, 0) is 9.53 Å². The van der Waals surface area contributed by atoms with Crippen molar-refractivity contribution in [3.05, 3.63) is 12.7 Å². The first-order valence-corrected chi connectivity index (χ1v) is 8.28. The van der Waals surface area contributed by atoms with Gasteiger partial charge < -0.3 is 4.74 Å². The van der Waals surface area contributed by atoms with E-state index in [2.05, 4.69) is 11.3 Å². The Labute approximate surface area is 190 Å². The summed E-state index contributed by atoms with van der Waals surface area (Å²) in [4.78, 5) is 10.5. The summed E-state index contributed by atoms with van der Waals surface area (Å²) in [7, 11) is 0. The summed E-state index contributed by atoms with van der Waals surface area (Å²) in [6.45, 7) is -2.35. The average Bonchev–Trinajstić information content (AvgIpc) is 2.69. The highest BCUT2D eigenvalue weighted by molar-refractivity contribution is 5.81. The monoisotopic (exact) mass is 600 g/mol. The van der Waals surface area contributed by atoms with Crippen LogP contribution < -0.4 is 0 Å². The second-order valence-corrected chi connectivity index (χ2v) is 7.00. The highest BCUT2D eigenvalue weighted by atomic mass is 19.4. The third-order valence-electron chi connectivity index (χ3n) is 4.33. The number of halogens is 20. The first kappa shape index (κ1) is 34.8. The van der Waals surface area contributed by atoms with Crippen molar-refractivity contribution in [3.63, 3.8) is 0 Å². The van der Waals surface area contributed by atoms with Crippen molar-refractivity contribution in [2.75, 3.05) is 6.61 Å². The first-order chi connectivity index (χ1) is 15.7. The van der Waals surface area contributed by atoms with E-state index in [4.69, 9.17) is 0 Å². The molecule has 0 N–H and O–H groups in total. The van der Waals surface area contributed by atoms with E-state index < -0.39 is 78.7 Å². The molecule has 0 spiro atoms. The molecule has 37 heavy (non-hydrogen) atoms. The average molecular weight is 600 g/mol. The summed E-state index contributed by atoms with van der Waals surface area (Å²) in [6, 6.07) is 0. The van der Waals surface area contributed by atoms with Gasteiger partial charge in [0.1, 0.15) is 0 Å². The van der Waals surface area contributed by atoms with Crippen LogP contribution in [0.1, 0.15) is 6.92 Å². The molecule has 0 aliphatic heterocycles. The maximum Gasteiger partial charge on any atom is 0.385 e. The summed E-state index contributed by atoms with van der Waals surface area (Å²) in [5.74, 6) is -84.7. The van der Waals surface area contributed by atoms with Crippen LogP contribution >= 0.6 is 0 Å². The molecular weight excluding hydrogens is 592 g/mol. The Bertz CT molecular complexity index is 867. The number of hydrogen-bond donors (Lipinski definition) is 0. The van der Waals surface area contributed by atoms with Crippen molar-refractivity contribution in [3.8, 4) is 0 Å². The molecule has 0 saturated carbocycles. The van der Waals surface area contributed by atoms with Gasteiger partial charge in [-0.2, -0.15) is 87.8 Å². The predicted octanol–water partition coefficient (Wildman–Crippen LogP) is 7.09. The molecule has 0 atom stereocenters. The van der Waals surface area contributed by atoms with Gasteiger partial charge in [-0.05, 0) is 0 Å². The minimum atomic E-state index is -9.09. The van der Waals surface area contributed by atoms with Crippen molar-refractivity contribution >= 4 is 5.97 Å². The number of esters is 1. The Morgan fingerprint density at radius 2 is 0.784 bits per heavy atom. The van der Waals surface area contributed by atoms with E-state index in [1.54, 1.807) is 0 Å². The van der Waals surface area contributed by atoms with Crippen LogP contribution in [0.4, 0.5) is 87.8 Å². The van der Waals surface area contributed by atoms with Crippen molar-refractivity contribution in [2.45, 2.75) is 66.1 Å². The molecule has 0 rings (SSSR count). The van der Waals surface area contributed by atoms with Crippen LogP contribution in [0, 0.1) is 0 Å². The highest BCUT2D eigenvalue weighted by Gasteiger charge is 2.97. The Hall–Kier alpha value is -2.19. The lowest BCUT2D eigenvalue weighted by Crippen LogP contribution is -2.77. The van der Waals surface area contributed by atoms with Gasteiger partial charge in [0.05, 0.1) is 0 Å². The smallest absolute Gasteiger partial charge is 0.385 e. The molecular formula is C15H8F20O2. The molecule has 0 heterocycles. The molecule has 22 heteroatoms. The Balaban J connectivity index is 6.94. The highest BCUT2D eigenvalue weighted by Crippen LogP contribution is 2.66. The SMILES string of the molecule is C=CC(=O)OCC(F)(F)C(F)(F)C(F)(F)C(F)(F)C(F)(F)C(F)(F)C(F)(F)C(F)(F)C(F)(F)C(C)(F)F. The lowest BCUT2D eigenvalue weighted by molar-refractivity contribution is -0.468. The van der Waals surface area contributed by atoms with Crippen molar-refractivity contribution in [1.82, 2.24) is 0 Å². The second-order valence-electron chi connectivity index (χ2n) is 7.00. The molecule has 2 nitrogen and oxygen atoms in total. The van der Waals surface area contributed by atoms with Gasteiger partial charge in [0.2, 0.25) is 0 Å². The van der Waals surface area contributed by atoms with Gasteiger partial charge in [-0.15, -0.1) is 0 Å². The van der Waals surface area contributed by atoms with Crippen molar-refractivity contribution < 1.29 is 97.3 Å². The van der Waals surface area contributed by atoms with Gasteiger partial charge in [0.15, 0.2) is 6.61 Å². The quantitative estimate of drug-likeness (QED) is 0.136. The number of hydrogen-bond acceptors (Lipinski definition) is 2. The number of carbonyl (C=O) groups is 1. The third kappa shape index (κ3) is 4.54. The normalized spacial score (nSPS) is 16.0. The molecule has 0 aromatic heterocycles. The lowest BCUT2D eigenvalue weighted by Gasteiger charge is -2.44. The minimum absolute atomic E-state index is 0.145. The molecule has 0 aliphatic rings. The summed E-state index contributed by atoms with van der Waals surface area (Å²) in [5, 5.41) is 0. The molecule has 0 amide bonds. The van der Waals surface area contributed by atoms with Crippen LogP contribution in [0.3, 0.4) is 0 Å². The molecule has 0 bridgehead atoms. The second kappa shape index (κ2) is 8.94. The van der Waals surface area contributed by atoms with Crippen molar-refractivity contribution in [2.24, 2.45) is 0 Å². The molecule has 0 unspecified atom stereocenters. The number of alkyl halides is 20. The summed E-state index contributed by atoms with van der Waals surface area (Å²) < 4.78 is 270. The summed E-state index contributed by atoms with van der Waals surface area (Å²) >= 11 is 0. The lowest BCUT2D eigenvalue weighted by atomic mass is 9.85. The van der Waals surface area contributed by atoms with E-state index in [9.17, 15) is 92.6 Å². The van der Waals surface area contributed by atoms with Gasteiger partial charge in [-0.25, -0.2) is 4.79 Å². The van der Waals surface area contributed by atoms with E-state index in [0.717, 1.165) is 0 Å². The Morgan fingerprint density at radius 1 is 0.541 bits per heavy atom. The molecule has 0 aliphatic carbocycles. The molecule has 0 aromatic rings. The van der Waals surface area contributed by atoms with Gasteiger partial charge in [0, 0.05) is 13.0 Å². The van der Waals surface area contributed by atoms with Gasteiger partial charge >= 0.3 is 65.2 Å². The number of ether oxygens (including phenoxy) is 1. The topological polar surface area (TPSA) is 26.3 Å². The number of rotatable bonds is 12. The van der Waals surface area contributed by atoms with Gasteiger partial charge in [-0.1, -0.05) is 6.58 Å². The van der Waals surface area contributed by atoms with E-state index in [1.165, 1.54) is 0 Å². The molecule has 0 radical (unpaired) electrons. The Morgan fingerprint density at radius 3 is 1.03 bits per heavy atom. The van der Waals surface area contributed by atoms with E-state index in [0.29, 0.717) is 0 Å². The van der Waals surface area contributed by atoms with E-state index >= 15 is 0 Å². The fourth-order valence-electron chi connectivity index (χ4n) is 2.00. The van der Waals surface area contributed by atoms with Crippen LogP contribution in [0.2, 0.25) is 0 Å². The molecule has 0 fully saturated rings. The minimum Gasteiger partial charge on any atom is -0.456 e. The maximum absolute atomic E-state index is 13.6. The van der Waals surface area contributed by atoms with Crippen LogP contribution in [0.15, 0.2) is 12.7 Å². The first-order valence-electron chi connectivity index (χ1n) is 8.28. The van der Waals surface area contributed by atoms with Crippen LogP contribution in [-0.4, -0.2) is 71.8 Å². The van der Waals surface area contributed by atoms with E-state index in [1.807, 2.05) is 0 Å². The maximum atomic E-state index is 13.6. The Kier molecular flexibility index (Phi) is 8.41. The molecule has 0 aromatic carbocycles. The molecule has 220 valence electrons. The zero-order valence-electron chi connectivity index (χ0n) is 16.9. The zero-order valence-corrected chi connectivity index (χ0v) is 16.9. The predicted molar refractivity (Wildman–Crippen MR) is 76.3 cm³/mol.